The van der Waals surface area contributed by atoms with Crippen LogP contribution in [0.4, 0.5) is 0 Å². The number of pyridine rings is 1. The van der Waals surface area contributed by atoms with Gasteiger partial charge in [0.1, 0.15) is 0 Å². The molecule has 0 aromatic carbocycles. The number of rotatable bonds is 2. The van der Waals surface area contributed by atoms with Gasteiger partial charge < -0.3 is 4.74 Å². The van der Waals surface area contributed by atoms with Crippen LogP contribution in [0.25, 0.3) is 5.65 Å². The van der Waals surface area contributed by atoms with Crippen LogP contribution in [0.15, 0.2) is 18.3 Å². The van der Waals surface area contributed by atoms with Crippen LogP contribution in [0.1, 0.15) is 17.8 Å². The van der Waals surface area contributed by atoms with Gasteiger partial charge in [0.25, 0.3) is 0 Å². The van der Waals surface area contributed by atoms with Gasteiger partial charge in [-0.05, 0) is 37.0 Å². The highest BCUT2D eigenvalue weighted by molar-refractivity contribution is 5.39. The number of hydrogen-bond donors (Lipinski definition) is 0. The number of aromatic nitrogens is 3. The highest BCUT2D eigenvalue weighted by Crippen LogP contribution is 2.17. The van der Waals surface area contributed by atoms with Gasteiger partial charge in [-0.25, -0.2) is 9.50 Å². The second kappa shape index (κ2) is 3.87. The van der Waals surface area contributed by atoms with E-state index in [4.69, 9.17) is 4.74 Å². The van der Waals surface area contributed by atoms with Gasteiger partial charge >= 0.3 is 0 Å². The van der Waals surface area contributed by atoms with E-state index in [0.29, 0.717) is 5.92 Å². The fourth-order valence-electron chi connectivity index (χ4n) is 2.12. The lowest BCUT2D eigenvalue weighted by Crippen LogP contribution is -2.05. The summed E-state index contributed by atoms with van der Waals surface area (Å²) in [4.78, 5) is 4.53. The number of fused-ring (bicyclic) bond motifs is 1. The fraction of sp³-hybridized carbons (Fsp3) is 0.500. The quantitative estimate of drug-likeness (QED) is 0.767. The Labute approximate surface area is 94.3 Å². The van der Waals surface area contributed by atoms with Gasteiger partial charge in [-0.2, -0.15) is 5.10 Å². The standard InChI is InChI=1S/C12H15N3O/c1-9-2-4-15-12(6-9)13-11(14-15)7-10-3-5-16-8-10/h2,4,6,10H,3,5,7-8H2,1H3. The van der Waals surface area contributed by atoms with E-state index in [0.717, 1.165) is 37.5 Å². The molecule has 0 radical (unpaired) electrons. The van der Waals surface area contributed by atoms with E-state index in [9.17, 15) is 0 Å². The monoisotopic (exact) mass is 217 g/mol. The van der Waals surface area contributed by atoms with E-state index in [2.05, 4.69) is 23.1 Å². The molecule has 0 amide bonds. The maximum atomic E-state index is 5.36. The molecule has 2 aromatic rings. The van der Waals surface area contributed by atoms with Gasteiger partial charge in [0, 0.05) is 25.8 Å². The molecule has 4 heteroatoms. The zero-order valence-electron chi connectivity index (χ0n) is 9.39. The molecule has 1 fully saturated rings. The molecule has 2 aromatic heterocycles. The third kappa shape index (κ3) is 1.80. The van der Waals surface area contributed by atoms with Gasteiger partial charge in [-0.1, -0.05) is 0 Å². The Balaban J connectivity index is 1.86. The highest BCUT2D eigenvalue weighted by Gasteiger charge is 2.18. The summed E-state index contributed by atoms with van der Waals surface area (Å²) in [7, 11) is 0. The Morgan fingerprint density at radius 1 is 1.56 bits per heavy atom. The lowest BCUT2D eigenvalue weighted by molar-refractivity contribution is 0.185. The van der Waals surface area contributed by atoms with Crippen molar-refractivity contribution in [1.82, 2.24) is 14.6 Å². The number of hydrogen-bond acceptors (Lipinski definition) is 3. The summed E-state index contributed by atoms with van der Waals surface area (Å²) in [6.45, 7) is 3.81. The smallest absolute Gasteiger partial charge is 0.155 e. The molecule has 1 unspecified atom stereocenters. The van der Waals surface area contributed by atoms with E-state index < -0.39 is 0 Å². The van der Waals surface area contributed by atoms with Crippen molar-refractivity contribution in [2.24, 2.45) is 5.92 Å². The summed E-state index contributed by atoms with van der Waals surface area (Å²) < 4.78 is 7.21. The van der Waals surface area contributed by atoms with Crippen molar-refractivity contribution >= 4 is 5.65 Å². The SMILES string of the molecule is Cc1ccn2nc(CC3CCOC3)nc2c1. The molecule has 4 nitrogen and oxygen atoms in total. The van der Waals surface area contributed by atoms with Gasteiger partial charge in [-0.3, -0.25) is 0 Å². The molecule has 1 atom stereocenters. The molecule has 3 heterocycles. The Morgan fingerprint density at radius 2 is 2.50 bits per heavy atom. The molecular weight excluding hydrogens is 202 g/mol. The summed E-state index contributed by atoms with van der Waals surface area (Å²) in [6, 6.07) is 4.10. The van der Waals surface area contributed by atoms with Crippen molar-refractivity contribution in [3.63, 3.8) is 0 Å². The molecule has 1 aliphatic rings. The average molecular weight is 217 g/mol. The minimum atomic E-state index is 0.596. The fourth-order valence-corrected chi connectivity index (χ4v) is 2.12. The second-order valence-electron chi connectivity index (χ2n) is 4.47. The third-order valence-corrected chi connectivity index (χ3v) is 3.03. The largest absolute Gasteiger partial charge is 0.381 e. The number of nitrogens with zero attached hydrogens (tertiary/aromatic N) is 3. The summed E-state index contributed by atoms with van der Waals surface area (Å²) in [5, 5.41) is 4.47. The molecule has 0 spiro atoms. The van der Waals surface area contributed by atoms with E-state index in [1.54, 1.807) is 0 Å². The van der Waals surface area contributed by atoms with Crippen molar-refractivity contribution in [1.29, 1.82) is 0 Å². The molecule has 0 bridgehead atoms. The molecular formula is C12H15N3O. The van der Waals surface area contributed by atoms with Crippen LogP contribution in [0.2, 0.25) is 0 Å². The molecule has 1 aliphatic heterocycles. The first kappa shape index (κ1) is 9.78. The maximum Gasteiger partial charge on any atom is 0.155 e. The zero-order chi connectivity index (χ0) is 11.0. The molecule has 0 N–H and O–H groups in total. The summed E-state index contributed by atoms with van der Waals surface area (Å²) >= 11 is 0. The highest BCUT2D eigenvalue weighted by atomic mass is 16.5. The van der Waals surface area contributed by atoms with Gasteiger partial charge in [0.05, 0.1) is 0 Å². The van der Waals surface area contributed by atoms with Crippen molar-refractivity contribution in [3.8, 4) is 0 Å². The predicted octanol–water partition coefficient (Wildman–Crippen LogP) is 1.62. The van der Waals surface area contributed by atoms with E-state index in [1.165, 1.54) is 5.56 Å². The van der Waals surface area contributed by atoms with E-state index in [1.807, 2.05) is 16.8 Å². The van der Waals surface area contributed by atoms with Crippen molar-refractivity contribution in [2.45, 2.75) is 19.8 Å². The first-order valence-electron chi connectivity index (χ1n) is 5.71. The van der Waals surface area contributed by atoms with Crippen molar-refractivity contribution in [2.75, 3.05) is 13.2 Å². The topological polar surface area (TPSA) is 39.4 Å². The van der Waals surface area contributed by atoms with Crippen LogP contribution in [-0.2, 0) is 11.2 Å². The van der Waals surface area contributed by atoms with E-state index in [-0.39, 0.29) is 0 Å². The lowest BCUT2D eigenvalue weighted by atomic mass is 10.1. The first-order chi connectivity index (χ1) is 7.81. The normalized spacial score (nSPS) is 20.7. The average Bonchev–Trinajstić information content (AvgIpc) is 2.86. The summed E-state index contributed by atoms with van der Waals surface area (Å²) in [6.07, 6.45) is 4.03. The molecule has 84 valence electrons. The summed E-state index contributed by atoms with van der Waals surface area (Å²) in [5.41, 5.74) is 2.16. The van der Waals surface area contributed by atoms with Crippen LogP contribution in [0, 0.1) is 12.8 Å². The minimum Gasteiger partial charge on any atom is -0.381 e. The van der Waals surface area contributed by atoms with Crippen molar-refractivity contribution < 1.29 is 4.74 Å². The Morgan fingerprint density at radius 3 is 3.31 bits per heavy atom. The van der Waals surface area contributed by atoms with E-state index >= 15 is 0 Å². The molecule has 16 heavy (non-hydrogen) atoms. The van der Waals surface area contributed by atoms with Crippen LogP contribution < -0.4 is 0 Å². The van der Waals surface area contributed by atoms with Crippen molar-refractivity contribution in [3.05, 3.63) is 29.7 Å². The molecule has 0 saturated carbocycles. The van der Waals surface area contributed by atoms with Crippen LogP contribution in [0.5, 0.6) is 0 Å². The summed E-state index contributed by atoms with van der Waals surface area (Å²) in [5.74, 6) is 1.53. The second-order valence-corrected chi connectivity index (χ2v) is 4.47. The zero-order valence-corrected chi connectivity index (χ0v) is 9.39. The van der Waals surface area contributed by atoms with Crippen LogP contribution in [-0.4, -0.2) is 27.8 Å². The van der Waals surface area contributed by atoms with Gasteiger partial charge in [0.2, 0.25) is 0 Å². The number of ether oxygens (including phenoxy) is 1. The Hall–Kier alpha value is -1.42. The molecule has 3 rings (SSSR count). The van der Waals surface area contributed by atoms with Gasteiger partial charge in [0.15, 0.2) is 11.5 Å². The lowest BCUT2D eigenvalue weighted by Gasteiger charge is -2.01. The predicted molar refractivity (Wildman–Crippen MR) is 60.4 cm³/mol. The maximum absolute atomic E-state index is 5.36. The third-order valence-electron chi connectivity index (χ3n) is 3.03. The number of aryl methyl sites for hydroxylation is 1. The Kier molecular flexibility index (Phi) is 2.36. The minimum absolute atomic E-state index is 0.596. The molecule has 1 saturated heterocycles. The first-order valence-corrected chi connectivity index (χ1v) is 5.71. The van der Waals surface area contributed by atoms with Crippen LogP contribution in [0.3, 0.4) is 0 Å². The van der Waals surface area contributed by atoms with Gasteiger partial charge in [-0.15, -0.1) is 0 Å². The molecule has 0 aliphatic carbocycles. The van der Waals surface area contributed by atoms with Crippen LogP contribution >= 0.6 is 0 Å². The Bertz CT molecular complexity index is 500.